The van der Waals surface area contributed by atoms with Crippen LogP contribution in [0.25, 0.3) is 42.3 Å². The van der Waals surface area contributed by atoms with Gasteiger partial charge in [0.25, 0.3) is 0 Å². The molecule has 1 N–H and O–H groups in total. The van der Waals surface area contributed by atoms with Crippen molar-refractivity contribution in [3.05, 3.63) is 78.3 Å². The van der Waals surface area contributed by atoms with E-state index in [0.717, 1.165) is 52.5 Å². The van der Waals surface area contributed by atoms with Gasteiger partial charge in [0.1, 0.15) is 6.33 Å². The van der Waals surface area contributed by atoms with Crippen molar-refractivity contribution in [2.24, 2.45) is 11.8 Å². The van der Waals surface area contributed by atoms with Gasteiger partial charge in [0.05, 0.1) is 19.3 Å². The standard InChI is InChI=1S/C27H27N2SSi.C13H24O2.Ir/c1-27(2,3)21-15-18(14-17-10-7-8-11-19(17)21)23-26-24(29-16-28-23)20-12-9-13-22(25(20)30-26)31(4,5)6;1-5-10(6-2)12(14)9-13(15)11(7-3)8-4;/h7-13,15-16H,1-6H3;9-11,14H,5-8H2,1-4H3;/q-1;;/b;12-9-;. The Balaban J connectivity index is 0.000000322. The smallest absolute Gasteiger partial charge is 0.162 e. The fourth-order valence-corrected chi connectivity index (χ4v) is 9.80. The molecule has 0 saturated heterocycles. The number of hydrogen-bond donors (Lipinski definition) is 1. The molecule has 0 bridgehead atoms. The van der Waals surface area contributed by atoms with Crippen molar-refractivity contribution in [2.75, 3.05) is 0 Å². The molecule has 1 radical (unpaired) electrons. The Hall–Kier alpha value is -2.70. The van der Waals surface area contributed by atoms with Crippen molar-refractivity contribution >= 4 is 61.5 Å². The monoisotopic (exact) mass is 844 g/mol. The molecule has 0 amide bonds. The molecule has 253 valence electrons. The van der Waals surface area contributed by atoms with Crippen LogP contribution in [0.2, 0.25) is 19.6 Å². The van der Waals surface area contributed by atoms with Crippen molar-refractivity contribution < 1.29 is 30.0 Å². The first-order valence-corrected chi connectivity index (χ1v) is 21.1. The number of aromatic nitrogens is 2. The van der Waals surface area contributed by atoms with Gasteiger partial charge < -0.3 is 5.11 Å². The molecule has 0 spiro atoms. The van der Waals surface area contributed by atoms with E-state index in [0.29, 0.717) is 0 Å². The zero-order valence-corrected chi connectivity index (χ0v) is 34.0. The summed E-state index contributed by atoms with van der Waals surface area (Å²) in [5, 5.41) is 14.9. The number of thiophene rings is 1. The van der Waals surface area contributed by atoms with Gasteiger partial charge in [-0.1, -0.05) is 115 Å². The second kappa shape index (κ2) is 16.1. The van der Waals surface area contributed by atoms with Crippen LogP contribution in [0.4, 0.5) is 0 Å². The molecule has 0 aliphatic carbocycles. The molecule has 0 fully saturated rings. The summed E-state index contributed by atoms with van der Waals surface area (Å²) in [6.07, 6.45) is 6.62. The van der Waals surface area contributed by atoms with Gasteiger partial charge in [-0.05, 0) is 36.3 Å². The molecule has 0 saturated carbocycles. The van der Waals surface area contributed by atoms with E-state index in [4.69, 9.17) is 9.97 Å². The molecule has 0 unspecified atom stereocenters. The van der Waals surface area contributed by atoms with Crippen LogP contribution < -0.4 is 5.19 Å². The third-order valence-electron chi connectivity index (χ3n) is 9.01. The number of aliphatic hydroxyl groups is 1. The quantitative estimate of drug-likeness (QED) is 0.0695. The molecule has 2 heterocycles. The average molecular weight is 844 g/mol. The average Bonchev–Trinajstić information content (AvgIpc) is 3.40. The van der Waals surface area contributed by atoms with E-state index in [1.165, 1.54) is 32.3 Å². The minimum Gasteiger partial charge on any atom is -0.512 e. The molecule has 4 nitrogen and oxygen atoms in total. The molecule has 47 heavy (non-hydrogen) atoms. The number of allylic oxidation sites excluding steroid dienone is 2. The second-order valence-corrected chi connectivity index (χ2v) is 20.4. The van der Waals surface area contributed by atoms with Crippen molar-refractivity contribution in [1.29, 1.82) is 0 Å². The topological polar surface area (TPSA) is 63.1 Å². The molecule has 2 aromatic heterocycles. The third kappa shape index (κ3) is 8.67. The minimum absolute atomic E-state index is 0. The fraction of sp³-hybridized carbons (Fsp3) is 0.425. The number of benzene rings is 3. The summed E-state index contributed by atoms with van der Waals surface area (Å²) in [7, 11) is -1.47. The number of rotatable bonds is 9. The molecule has 5 aromatic rings. The summed E-state index contributed by atoms with van der Waals surface area (Å²) in [5.74, 6) is 0.547. The molecule has 0 aliphatic heterocycles. The van der Waals surface area contributed by atoms with E-state index >= 15 is 0 Å². The molecule has 7 heteroatoms. The number of nitrogens with zero attached hydrogens (tertiary/aromatic N) is 2. The number of hydrogen-bond acceptors (Lipinski definition) is 5. The summed E-state index contributed by atoms with van der Waals surface area (Å²) < 4.78 is 2.53. The van der Waals surface area contributed by atoms with Gasteiger partial charge in [0, 0.05) is 58.5 Å². The van der Waals surface area contributed by atoms with Crippen LogP contribution in [-0.2, 0) is 30.3 Å². The number of fused-ring (bicyclic) bond motifs is 4. The maximum absolute atomic E-state index is 11.7. The number of ketones is 1. The van der Waals surface area contributed by atoms with Crippen LogP contribution in [0.5, 0.6) is 0 Å². The van der Waals surface area contributed by atoms with Crippen LogP contribution in [0, 0.1) is 17.9 Å². The molecular formula is C40H51IrN2O2SSi-. The summed E-state index contributed by atoms with van der Waals surface area (Å²) in [5.41, 5.74) is 4.46. The van der Waals surface area contributed by atoms with Crippen LogP contribution in [-0.4, -0.2) is 28.9 Å². The zero-order valence-electron chi connectivity index (χ0n) is 29.7. The first-order chi connectivity index (χ1) is 21.7. The predicted molar refractivity (Wildman–Crippen MR) is 202 cm³/mol. The Morgan fingerprint density at radius 3 is 2.11 bits per heavy atom. The SMILES string of the molecule is CC(C)(C)c1cc(-c2ncnc3c2sc2c([Si](C)(C)C)cccc23)[c-]c2ccccc12.CCC(CC)C(=O)/C=C(\O)C(CC)CC.[Ir]. The molecular weight excluding hydrogens is 793 g/mol. The van der Waals surface area contributed by atoms with Gasteiger partial charge in [-0.15, -0.1) is 40.5 Å². The summed E-state index contributed by atoms with van der Waals surface area (Å²) in [6.45, 7) is 22.1. The summed E-state index contributed by atoms with van der Waals surface area (Å²) in [6, 6.07) is 21.2. The molecule has 0 aliphatic rings. The van der Waals surface area contributed by atoms with Gasteiger partial charge >= 0.3 is 0 Å². The first-order valence-electron chi connectivity index (χ1n) is 16.8. The van der Waals surface area contributed by atoms with Gasteiger partial charge in [-0.3, -0.25) is 9.78 Å². The van der Waals surface area contributed by atoms with Crippen LogP contribution in [0.15, 0.2) is 66.7 Å². The Bertz CT molecular complexity index is 1860. The van der Waals surface area contributed by atoms with Gasteiger partial charge in [0.2, 0.25) is 0 Å². The summed E-state index contributed by atoms with van der Waals surface area (Å²) in [4.78, 5) is 21.2. The zero-order chi connectivity index (χ0) is 33.8. The van der Waals surface area contributed by atoms with Crippen molar-refractivity contribution in [3.63, 3.8) is 0 Å². The number of carbonyl (C=O) groups is 1. The second-order valence-electron chi connectivity index (χ2n) is 14.3. The Kier molecular flexibility index (Phi) is 13.3. The fourth-order valence-electron chi connectivity index (χ4n) is 6.14. The van der Waals surface area contributed by atoms with E-state index in [-0.39, 0.29) is 48.9 Å². The maximum atomic E-state index is 11.7. The molecule has 5 rings (SSSR count). The Morgan fingerprint density at radius 2 is 1.51 bits per heavy atom. The molecule has 3 aromatic carbocycles. The van der Waals surface area contributed by atoms with E-state index in [2.05, 4.69) is 95.0 Å². The Labute approximate surface area is 300 Å². The van der Waals surface area contributed by atoms with Gasteiger partial charge in [-0.2, -0.15) is 0 Å². The van der Waals surface area contributed by atoms with E-state index in [9.17, 15) is 9.90 Å². The minimum atomic E-state index is -1.47. The van der Waals surface area contributed by atoms with Crippen molar-refractivity contribution in [2.45, 2.75) is 99.2 Å². The normalized spacial score (nSPS) is 12.5. The number of aliphatic hydroxyl groups excluding tert-OH is 1. The maximum Gasteiger partial charge on any atom is 0.162 e. The van der Waals surface area contributed by atoms with Crippen molar-refractivity contribution in [3.8, 4) is 11.3 Å². The van der Waals surface area contributed by atoms with Crippen LogP contribution >= 0.6 is 11.3 Å². The van der Waals surface area contributed by atoms with Crippen LogP contribution in [0.1, 0.15) is 79.7 Å². The van der Waals surface area contributed by atoms with Gasteiger partial charge in [-0.25, -0.2) is 4.98 Å². The largest absolute Gasteiger partial charge is 0.512 e. The van der Waals surface area contributed by atoms with Crippen LogP contribution in [0.3, 0.4) is 0 Å². The molecule has 0 atom stereocenters. The van der Waals surface area contributed by atoms with E-state index in [1.807, 2.05) is 39.0 Å². The summed E-state index contributed by atoms with van der Waals surface area (Å²) >= 11 is 1.85. The van der Waals surface area contributed by atoms with E-state index < -0.39 is 8.07 Å². The predicted octanol–water partition coefficient (Wildman–Crippen LogP) is 11.2. The first kappa shape index (κ1) is 38.7. The number of carbonyl (C=O) groups excluding carboxylic acids is 1. The van der Waals surface area contributed by atoms with E-state index in [1.54, 1.807) is 6.33 Å². The van der Waals surface area contributed by atoms with Gasteiger partial charge in [0.15, 0.2) is 5.78 Å². The third-order valence-corrected chi connectivity index (χ3v) is 12.5. The van der Waals surface area contributed by atoms with Crippen molar-refractivity contribution in [1.82, 2.24) is 9.97 Å². The Morgan fingerprint density at radius 1 is 0.894 bits per heavy atom.